The van der Waals surface area contributed by atoms with Gasteiger partial charge in [0.2, 0.25) is 0 Å². The van der Waals surface area contributed by atoms with E-state index in [9.17, 15) is 4.79 Å². The van der Waals surface area contributed by atoms with Crippen LogP contribution in [0.5, 0.6) is 5.75 Å². The van der Waals surface area contributed by atoms with Crippen molar-refractivity contribution in [3.05, 3.63) is 78.9 Å². The van der Waals surface area contributed by atoms with E-state index in [-0.39, 0.29) is 5.91 Å². The van der Waals surface area contributed by atoms with Crippen LogP contribution in [0.25, 0.3) is 11.1 Å². The van der Waals surface area contributed by atoms with Gasteiger partial charge in [-0.15, -0.1) is 0 Å². The van der Waals surface area contributed by atoms with Crippen LogP contribution in [0.15, 0.2) is 78.9 Å². The second-order valence-corrected chi connectivity index (χ2v) is 5.76. The average Bonchev–Trinajstić information content (AvgIpc) is 2.65. The zero-order valence-electron chi connectivity index (χ0n) is 14.0. The predicted molar refractivity (Wildman–Crippen MR) is 101 cm³/mol. The van der Waals surface area contributed by atoms with Crippen molar-refractivity contribution in [3.63, 3.8) is 0 Å². The number of carbonyl (C=O) groups excluding carboxylic acids is 1. The summed E-state index contributed by atoms with van der Waals surface area (Å²) >= 11 is 0. The van der Waals surface area contributed by atoms with Crippen LogP contribution in [0.2, 0.25) is 0 Å². The average molecular weight is 332 g/mol. The van der Waals surface area contributed by atoms with Gasteiger partial charge in [-0.05, 0) is 54.4 Å². The molecule has 0 radical (unpaired) electrons. The number of hydrogen-bond acceptors (Lipinski definition) is 3. The summed E-state index contributed by atoms with van der Waals surface area (Å²) in [5.41, 5.74) is 9.22. The number of benzene rings is 3. The number of anilines is 2. The fraction of sp³-hybridized carbons (Fsp3) is 0.0952. The van der Waals surface area contributed by atoms with Crippen molar-refractivity contribution in [2.45, 2.75) is 13.0 Å². The fourth-order valence-electron chi connectivity index (χ4n) is 2.42. The van der Waals surface area contributed by atoms with Crippen LogP contribution in [-0.4, -0.2) is 12.0 Å². The Morgan fingerprint density at radius 2 is 1.48 bits per heavy atom. The second kappa shape index (κ2) is 7.53. The van der Waals surface area contributed by atoms with Gasteiger partial charge in [-0.2, -0.15) is 0 Å². The lowest BCUT2D eigenvalue weighted by atomic mass is 10.1. The molecule has 0 fully saturated rings. The quantitative estimate of drug-likeness (QED) is 0.683. The number of ether oxygens (including phenoxy) is 1. The third-order valence-corrected chi connectivity index (χ3v) is 3.82. The molecule has 0 bridgehead atoms. The molecule has 4 nitrogen and oxygen atoms in total. The van der Waals surface area contributed by atoms with Crippen molar-refractivity contribution in [2.75, 3.05) is 11.1 Å². The van der Waals surface area contributed by atoms with E-state index >= 15 is 0 Å². The SMILES string of the molecule is C[C@@H](Oc1ccc(-c2ccccc2)cc1)C(=O)Nc1ccc(N)cc1. The van der Waals surface area contributed by atoms with E-state index in [4.69, 9.17) is 10.5 Å². The van der Waals surface area contributed by atoms with Gasteiger partial charge in [-0.1, -0.05) is 42.5 Å². The van der Waals surface area contributed by atoms with Crippen molar-refractivity contribution in [1.82, 2.24) is 0 Å². The molecule has 0 heterocycles. The first-order valence-corrected chi connectivity index (χ1v) is 8.10. The number of rotatable bonds is 5. The van der Waals surface area contributed by atoms with Crippen molar-refractivity contribution >= 4 is 17.3 Å². The van der Waals surface area contributed by atoms with E-state index < -0.39 is 6.10 Å². The van der Waals surface area contributed by atoms with Crippen LogP contribution in [0.3, 0.4) is 0 Å². The molecule has 3 N–H and O–H groups in total. The molecule has 25 heavy (non-hydrogen) atoms. The lowest BCUT2D eigenvalue weighted by Crippen LogP contribution is -2.30. The van der Waals surface area contributed by atoms with Crippen molar-refractivity contribution in [3.8, 4) is 16.9 Å². The van der Waals surface area contributed by atoms with Gasteiger partial charge in [0, 0.05) is 11.4 Å². The predicted octanol–water partition coefficient (Wildman–Crippen LogP) is 4.34. The van der Waals surface area contributed by atoms with Crippen LogP contribution < -0.4 is 15.8 Å². The summed E-state index contributed by atoms with van der Waals surface area (Å²) in [5, 5.41) is 2.81. The van der Waals surface area contributed by atoms with Gasteiger partial charge in [0.05, 0.1) is 0 Å². The Hall–Kier alpha value is -3.27. The van der Waals surface area contributed by atoms with Crippen molar-refractivity contribution < 1.29 is 9.53 Å². The second-order valence-electron chi connectivity index (χ2n) is 5.76. The molecule has 4 heteroatoms. The summed E-state index contributed by atoms with van der Waals surface area (Å²) in [6.45, 7) is 1.72. The highest BCUT2D eigenvalue weighted by atomic mass is 16.5. The van der Waals surface area contributed by atoms with Crippen LogP contribution in [0.1, 0.15) is 6.92 Å². The minimum absolute atomic E-state index is 0.211. The van der Waals surface area contributed by atoms with Gasteiger partial charge in [0.15, 0.2) is 6.10 Å². The Labute approximate surface area is 147 Å². The lowest BCUT2D eigenvalue weighted by molar-refractivity contribution is -0.122. The lowest BCUT2D eigenvalue weighted by Gasteiger charge is -2.15. The maximum atomic E-state index is 12.2. The largest absolute Gasteiger partial charge is 0.481 e. The fourth-order valence-corrected chi connectivity index (χ4v) is 2.42. The standard InChI is InChI=1S/C21H20N2O2/c1-15(21(24)23-19-11-9-18(22)10-12-19)25-20-13-7-17(8-14-20)16-5-3-2-4-6-16/h2-15H,22H2,1H3,(H,23,24)/t15-/m1/s1. The number of carbonyl (C=O) groups is 1. The normalized spacial score (nSPS) is 11.6. The summed E-state index contributed by atoms with van der Waals surface area (Å²) < 4.78 is 5.73. The summed E-state index contributed by atoms with van der Waals surface area (Å²) in [6.07, 6.45) is -0.611. The van der Waals surface area contributed by atoms with Crippen molar-refractivity contribution in [1.29, 1.82) is 0 Å². The zero-order valence-corrected chi connectivity index (χ0v) is 14.0. The molecule has 0 saturated carbocycles. The van der Waals surface area contributed by atoms with Crippen LogP contribution in [0.4, 0.5) is 11.4 Å². The number of nitrogens with one attached hydrogen (secondary N) is 1. The van der Waals surface area contributed by atoms with Gasteiger partial charge < -0.3 is 15.8 Å². The zero-order chi connectivity index (χ0) is 17.6. The summed E-state index contributed by atoms with van der Waals surface area (Å²) in [6, 6.07) is 24.8. The van der Waals surface area contributed by atoms with E-state index in [0.717, 1.165) is 11.1 Å². The molecular formula is C21H20N2O2. The smallest absolute Gasteiger partial charge is 0.265 e. The molecule has 0 aliphatic carbocycles. The minimum atomic E-state index is -0.611. The molecule has 0 aliphatic rings. The van der Waals surface area contributed by atoms with Gasteiger partial charge in [0.1, 0.15) is 5.75 Å². The monoisotopic (exact) mass is 332 g/mol. The Balaban J connectivity index is 1.61. The molecule has 3 aromatic carbocycles. The molecule has 0 unspecified atom stereocenters. The first-order chi connectivity index (χ1) is 12.1. The highest BCUT2D eigenvalue weighted by molar-refractivity contribution is 5.94. The topological polar surface area (TPSA) is 64.3 Å². The Morgan fingerprint density at radius 3 is 2.12 bits per heavy atom. The molecule has 126 valence electrons. The van der Waals surface area contributed by atoms with Crippen LogP contribution in [-0.2, 0) is 4.79 Å². The molecule has 0 aromatic heterocycles. The summed E-state index contributed by atoms with van der Waals surface area (Å²) in [5.74, 6) is 0.441. The molecule has 3 aromatic rings. The Morgan fingerprint density at radius 1 is 0.880 bits per heavy atom. The maximum absolute atomic E-state index is 12.2. The number of nitrogens with two attached hydrogens (primary N) is 1. The van der Waals surface area contributed by atoms with Crippen LogP contribution >= 0.6 is 0 Å². The summed E-state index contributed by atoms with van der Waals surface area (Å²) in [4.78, 5) is 12.2. The minimum Gasteiger partial charge on any atom is -0.481 e. The van der Waals surface area contributed by atoms with Gasteiger partial charge >= 0.3 is 0 Å². The molecule has 3 rings (SSSR count). The first-order valence-electron chi connectivity index (χ1n) is 8.10. The van der Waals surface area contributed by atoms with E-state index in [1.54, 1.807) is 31.2 Å². The van der Waals surface area contributed by atoms with E-state index in [2.05, 4.69) is 17.4 Å². The van der Waals surface area contributed by atoms with E-state index in [1.165, 1.54) is 0 Å². The number of nitrogen functional groups attached to an aromatic ring is 1. The van der Waals surface area contributed by atoms with Gasteiger partial charge in [-0.25, -0.2) is 0 Å². The highest BCUT2D eigenvalue weighted by Gasteiger charge is 2.14. The molecule has 1 amide bonds. The molecule has 0 saturated heterocycles. The molecule has 0 aliphatic heterocycles. The third-order valence-electron chi connectivity index (χ3n) is 3.82. The van der Waals surface area contributed by atoms with E-state index in [1.807, 2.05) is 42.5 Å². The third kappa shape index (κ3) is 4.38. The number of amides is 1. The number of hydrogen-bond donors (Lipinski definition) is 2. The molecule has 1 atom stereocenters. The molecule has 0 spiro atoms. The van der Waals surface area contributed by atoms with Gasteiger partial charge in [-0.3, -0.25) is 4.79 Å². The van der Waals surface area contributed by atoms with Gasteiger partial charge in [0.25, 0.3) is 5.91 Å². The molecular weight excluding hydrogens is 312 g/mol. The van der Waals surface area contributed by atoms with E-state index in [0.29, 0.717) is 17.1 Å². The maximum Gasteiger partial charge on any atom is 0.265 e. The highest BCUT2D eigenvalue weighted by Crippen LogP contribution is 2.22. The Bertz CT molecular complexity index is 828. The van der Waals surface area contributed by atoms with Crippen molar-refractivity contribution in [2.24, 2.45) is 0 Å². The Kier molecular flexibility index (Phi) is 5.00. The van der Waals surface area contributed by atoms with Crippen LogP contribution in [0, 0.1) is 0 Å². The summed E-state index contributed by atoms with van der Waals surface area (Å²) in [7, 11) is 0. The first kappa shape index (κ1) is 16.6.